The summed E-state index contributed by atoms with van der Waals surface area (Å²) in [6.45, 7) is 13.4. The topological polar surface area (TPSA) is 24.5 Å². The van der Waals surface area contributed by atoms with Crippen molar-refractivity contribution in [3.63, 3.8) is 0 Å². The molecule has 112 valence electrons. The maximum absolute atomic E-state index is 5.90. The lowest BCUT2D eigenvalue weighted by molar-refractivity contribution is -0.0389. The highest BCUT2D eigenvalue weighted by Gasteiger charge is 2.26. The van der Waals surface area contributed by atoms with Crippen LogP contribution < -0.4 is 5.32 Å². The van der Waals surface area contributed by atoms with E-state index in [1.165, 1.54) is 19.3 Å². The molecule has 0 aromatic rings. The SMILES string of the molecule is CC1CC(C)CC(NCC2CN(C(C)C)CCO2)C1. The summed E-state index contributed by atoms with van der Waals surface area (Å²) >= 11 is 0. The van der Waals surface area contributed by atoms with E-state index in [-0.39, 0.29) is 0 Å². The van der Waals surface area contributed by atoms with E-state index >= 15 is 0 Å². The van der Waals surface area contributed by atoms with Crippen molar-refractivity contribution in [2.24, 2.45) is 11.8 Å². The summed E-state index contributed by atoms with van der Waals surface area (Å²) in [5, 5.41) is 3.76. The summed E-state index contributed by atoms with van der Waals surface area (Å²) in [5.74, 6) is 1.75. The Morgan fingerprint density at radius 2 is 1.84 bits per heavy atom. The van der Waals surface area contributed by atoms with Gasteiger partial charge in [0.05, 0.1) is 12.7 Å². The molecule has 3 atom stereocenters. The van der Waals surface area contributed by atoms with Crippen LogP contribution in [-0.4, -0.2) is 49.3 Å². The third-order valence-corrected chi connectivity index (χ3v) is 4.71. The lowest BCUT2D eigenvalue weighted by atomic mass is 9.80. The third-order valence-electron chi connectivity index (χ3n) is 4.71. The summed E-state index contributed by atoms with van der Waals surface area (Å²) in [5.41, 5.74) is 0. The van der Waals surface area contributed by atoms with Crippen LogP contribution in [0.1, 0.15) is 47.0 Å². The van der Waals surface area contributed by atoms with Crippen molar-refractivity contribution < 1.29 is 4.74 Å². The standard InChI is InChI=1S/C16H32N2O/c1-12(2)18-5-6-19-16(11-18)10-17-15-8-13(3)7-14(4)9-15/h12-17H,5-11H2,1-4H3. The Morgan fingerprint density at radius 1 is 1.16 bits per heavy atom. The van der Waals surface area contributed by atoms with Gasteiger partial charge in [0, 0.05) is 31.7 Å². The van der Waals surface area contributed by atoms with Gasteiger partial charge in [-0.2, -0.15) is 0 Å². The Labute approximate surface area is 119 Å². The van der Waals surface area contributed by atoms with Gasteiger partial charge in [-0.3, -0.25) is 4.90 Å². The van der Waals surface area contributed by atoms with Crippen molar-refractivity contribution in [1.29, 1.82) is 0 Å². The van der Waals surface area contributed by atoms with Gasteiger partial charge in [-0.1, -0.05) is 13.8 Å². The van der Waals surface area contributed by atoms with Gasteiger partial charge in [0.1, 0.15) is 0 Å². The molecule has 1 saturated heterocycles. The quantitative estimate of drug-likeness (QED) is 0.848. The molecule has 1 aliphatic carbocycles. The average Bonchev–Trinajstić information content (AvgIpc) is 2.35. The van der Waals surface area contributed by atoms with Crippen LogP contribution in [-0.2, 0) is 4.74 Å². The molecular weight excluding hydrogens is 236 g/mol. The van der Waals surface area contributed by atoms with E-state index in [0.29, 0.717) is 18.2 Å². The van der Waals surface area contributed by atoms with Crippen molar-refractivity contribution in [3.8, 4) is 0 Å². The molecule has 0 radical (unpaired) electrons. The average molecular weight is 268 g/mol. The minimum Gasteiger partial charge on any atom is -0.374 e. The molecule has 1 saturated carbocycles. The fraction of sp³-hybridized carbons (Fsp3) is 1.00. The molecule has 2 fully saturated rings. The van der Waals surface area contributed by atoms with Crippen molar-refractivity contribution in [3.05, 3.63) is 0 Å². The minimum atomic E-state index is 0.378. The van der Waals surface area contributed by atoms with Crippen LogP contribution in [0.25, 0.3) is 0 Å². The Hall–Kier alpha value is -0.120. The Bertz CT molecular complexity index is 259. The predicted molar refractivity (Wildman–Crippen MR) is 80.4 cm³/mol. The van der Waals surface area contributed by atoms with E-state index in [1.54, 1.807) is 0 Å². The van der Waals surface area contributed by atoms with Crippen LogP contribution >= 0.6 is 0 Å². The van der Waals surface area contributed by atoms with Crippen molar-refractivity contribution in [1.82, 2.24) is 10.2 Å². The number of hydrogen-bond acceptors (Lipinski definition) is 3. The summed E-state index contributed by atoms with van der Waals surface area (Å²) < 4.78 is 5.90. The molecule has 2 aliphatic rings. The number of nitrogens with one attached hydrogen (secondary N) is 1. The summed E-state index contributed by atoms with van der Waals surface area (Å²) in [7, 11) is 0. The highest BCUT2D eigenvalue weighted by atomic mass is 16.5. The lowest BCUT2D eigenvalue weighted by Crippen LogP contribution is -2.50. The predicted octanol–water partition coefficient (Wildman–Crippen LogP) is 2.51. The summed E-state index contributed by atoms with van der Waals surface area (Å²) in [6.07, 6.45) is 4.46. The number of ether oxygens (including phenoxy) is 1. The highest BCUT2D eigenvalue weighted by molar-refractivity contribution is 4.82. The number of nitrogens with zero attached hydrogens (tertiary/aromatic N) is 1. The van der Waals surface area contributed by atoms with Gasteiger partial charge in [0.15, 0.2) is 0 Å². The minimum absolute atomic E-state index is 0.378. The fourth-order valence-electron chi connectivity index (χ4n) is 3.75. The molecule has 0 aromatic carbocycles. The molecule has 1 heterocycles. The van der Waals surface area contributed by atoms with E-state index in [0.717, 1.165) is 38.1 Å². The van der Waals surface area contributed by atoms with Crippen LogP contribution in [0.4, 0.5) is 0 Å². The van der Waals surface area contributed by atoms with Gasteiger partial charge in [0.25, 0.3) is 0 Å². The normalized spacial score (nSPS) is 37.7. The molecule has 1 N–H and O–H groups in total. The van der Waals surface area contributed by atoms with Crippen molar-refractivity contribution in [2.75, 3.05) is 26.2 Å². The second kappa shape index (κ2) is 7.05. The summed E-state index contributed by atoms with van der Waals surface area (Å²) in [4.78, 5) is 2.53. The van der Waals surface area contributed by atoms with Gasteiger partial charge in [0.2, 0.25) is 0 Å². The molecular formula is C16H32N2O. The van der Waals surface area contributed by atoms with Crippen LogP contribution in [0.15, 0.2) is 0 Å². The first-order chi connectivity index (χ1) is 9.04. The number of rotatable bonds is 4. The summed E-state index contributed by atoms with van der Waals surface area (Å²) in [6, 6.07) is 1.35. The van der Waals surface area contributed by atoms with Crippen LogP contribution in [0.3, 0.4) is 0 Å². The van der Waals surface area contributed by atoms with Gasteiger partial charge < -0.3 is 10.1 Å². The molecule has 0 spiro atoms. The largest absolute Gasteiger partial charge is 0.374 e. The molecule has 3 unspecified atom stereocenters. The fourth-order valence-corrected chi connectivity index (χ4v) is 3.75. The highest BCUT2D eigenvalue weighted by Crippen LogP contribution is 2.28. The molecule has 0 bridgehead atoms. The molecule has 1 aliphatic heterocycles. The number of hydrogen-bond donors (Lipinski definition) is 1. The first kappa shape index (κ1) is 15.3. The van der Waals surface area contributed by atoms with Gasteiger partial charge in [-0.05, 0) is 44.9 Å². The van der Waals surface area contributed by atoms with Gasteiger partial charge >= 0.3 is 0 Å². The Kier molecular flexibility index (Phi) is 5.67. The smallest absolute Gasteiger partial charge is 0.0826 e. The first-order valence-corrected chi connectivity index (χ1v) is 8.13. The Morgan fingerprint density at radius 3 is 2.47 bits per heavy atom. The van der Waals surface area contributed by atoms with E-state index in [2.05, 4.69) is 37.9 Å². The zero-order valence-corrected chi connectivity index (χ0v) is 13.2. The second-order valence-electron chi connectivity index (χ2n) is 7.10. The van der Waals surface area contributed by atoms with Crippen LogP contribution in [0.2, 0.25) is 0 Å². The number of morpholine rings is 1. The van der Waals surface area contributed by atoms with Crippen molar-refractivity contribution in [2.45, 2.75) is 65.1 Å². The van der Waals surface area contributed by atoms with Gasteiger partial charge in [-0.25, -0.2) is 0 Å². The van der Waals surface area contributed by atoms with E-state index < -0.39 is 0 Å². The van der Waals surface area contributed by atoms with E-state index in [9.17, 15) is 0 Å². The maximum Gasteiger partial charge on any atom is 0.0826 e. The third kappa shape index (κ3) is 4.73. The van der Waals surface area contributed by atoms with E-state index in [4.69, 9.17) is 4.74 Å². The molecule has 2 rings (SSSR count). The van der Waals surface area contributed by atoms with Crippen LogP contribution in [0, 0.1) is 11.8 Å². The Balaban J connectivity index is 1.72. The molecule has 3 nitrogen and oxygen atoms in total. The first-order valence-electron chi connectivity index (χ1n) is 8.13. The van der Waals surface area contributed by atoms with Gasteiger partial charge in [-0.15, -0.1) is 0 Å². The van der Waals surface area contributed by atoms with Crippen LogP contribution in [0.5, 0.6) is 0 Å². The zero-order chi connectivity index (χ0) is 13.8. The lowest BCUT2D eigenvalue weighted by Gasteiger charge is -2.37. The monoisotopic (exact) mass is 268 g/mol. The molecule has 3 heteroatoms. The maximum atomic E-state index is 5.90. The molecule has 19 heavy (non-hydrogen) atoms. The zero-order valence-electron chi connectivity index (χ0n) is 13.2. The molecule has 0 amide bonds. The second-order valence-corrected chi connectivity index (χ2v) is 7.10. The molecule has 0 aromatic heterocycles. The van der Waals surface area contributed by atoms with Crippen molar-refractivity contribution >= 4 is 0 Å². The van der Waals surface area contributed by atoms with E-state index in [1.807, 2.05) is 0 Å².